The first-order valence-corrected chi connectivity index (χ1v) is 3.83. The zero-order valence-electron chi connectivity index (χ0n) is 5.77. The van der Waals surface area contributed by atoms with E-state index in [0.717, 1.165) is 12.1 Å². The minimum absolute atomic E-state index is 0.215. The Kier molecular flexibility index (Phi) is 1.59. The Morgan fingerprint density at radius 2 is 2.27 bits per heavy atom. The zero-order valence-corrected chi connectivity index (χ0v) is 6.53. The number of nitrogens with one attached hydrogen (secondary N) is 1. The topological polar surface area (TPSA) is 21.9 Å². The van der Waals surface area contributed by atoms with Gasteiger partial charge in [0.15, 0.2) is 0 Å². The van der Waals surface area contributed by atoms with E-state index in [1.54, 1.807) is 12.1 Å². The highest BCUT2D eigenvalue weighted by Crippen LogP contribution is 2.25. The standard InChI is InChI=1S/C8H7ClFN/c9-5-1-2-6(7(10)3-5)8-4-11-8/h1-3,8,11H,4H2/t8-/m1/s1. The molecule has 1 heterocycles. The van der Waals surface area contributed by atoms with Gasteiger partial charge in [-0.15, -0.1) is 0 Å². The van der Waals surface area contributed by atoms with E-state index in [2.05, 4.69) is 5.32 Å². The normalized spacial score (nSPS) is 21.8. The van der Waals surface area contributed by atoms with Crippen LogP contribution in [-0.4, -0.2) is 6.54 Å². The lowest BCUT2D eigenvalue weighted by atomic mass is 10.1. The van der Waals surface area contributed by atoms with Crippen molar-refractivity contribution in [2.45, 2.75) is 6.04 Å². The molecule has 2 rings (SSSR count). The average Bonchev–Trinajstić information content (AvgIpc) is 2.70. The van der Waals surface area contributed by atoms with Gasteiger partial charge in [0.05, 0.1) is 0 Å². The Balaban J connectivity index is 2.39. The van der Waals surface area contributed by atoms with Crippen molar-refractivity contribution in [1.29, 1.82) is 0 Å². The summed E-state index contributed by atoms with van der Waals surface area (Å²) in [6, 6.07) is 4.99. The third-order valence-electron chi connectivity index (χ3n) is 1.75. The van der Waals surface area contributed by atoms with E-state index in [0.29, 0.717) is 5.02 Å². The molecule has 58 valence electrons. The Morgan fingerprint density at radius 1 is 1.55 bits per heavy atom. The van der Waals surface area contributed by atoms with Gasteiger partial charge in [0, 0.05) is 23.2 Å². The fraction of sp³-hybridized carbons (Fsp3) is 0.250. The minimum atomic E-state index is -0.215. The van der Waals surface area contributed by atoms with Gasteiger partial charge in [0.2, 0.25) is 0 Å². The number of rotatable bonds is 1. The third kappa shape index (κ3) is 1.37. The summed E-state index contributed by atoms with van der Waals surface area (Å²) in [5, 5.41) is 3.48. The van der Waals surface area contributed by atoms with Gasteiger partial charge >= 0.3 is 0 Å². The molecule has 1 fully saturated rings. The molecule has 0 aromatic heterocycles. The van der Waals surface area contributed by atoms with Crippen molar-refractivity contribution >= 4 is 11.6 Å². The molecule has 3 heteroatoms. The SMILES string of the molecule is Fc1cc(Cl)ccc1[C@H]1CN1. The summed E-state index contributed by atoms with van der Waals surface area (Å²) in [4.78, 5) is 0. The largest absolute Gasteiger partial charge is 0.307 e. The lowest BCUT2D eigenvalue weighted by Gasteiger charge is -1.98. The lowest BCUT2D eigenvalue weighted by molar-refractivity contribution is 0.610. The molecule has 1 N–H and O–H groups in total. The Bertz CT molecular complexity index is 283. The first kappa shape index (κ1) is 7.07. The maximum absolute atomic E-state index is 13.0. The monoisotopic (exact) mass is 171 g/mol. The Labute approximate surface area is 69.2 Å². The van der Waals surface area contributed by atoms with Gasteiger partial charge in [0.25, 0.3) is 0 Å². The van der Waals surface area contributed by atoms with Gasteiger partial charge in [-0.2, -0.15) is 0 Å². The third-order valence-corrected chi connectivity index (χ3v) is 1.98. The van der Waals surface area contributed by atoms with E-state index in [1.807, 2.05) is 0 Å². The fourth-order valence-electron chi connectivity index (χ4n) is 1.06. The van der Waals surface area contributed by atoms with Crippen LogP contribution in [0.1, 0.15) is 11.6 Å². The van der Waals surface area contributed by atoms with Crippen molar-refractivity contribution in [3.8, 4) is 0 Å². The summed E-state index contributed by atoms with van der Waals surface area (Å²) in [7, 11) is 0. The minimum Gasteiger partial charge on any atom is -0.307 e. The van der Waals surface area contributed by atoms with Crippen LogP contribution < -0.4 is 5.32 Å². The maximum Gasteiger partial charge on any atom is 0.129 e. The molecule has 0 aliphatic carbocycles. The van der Waals surface area contributed by atoms with Crippen LogP contribution in [0.15, 0.2) is 18.2 Å². The van der Waals surface area contributed by atoms with E-state index < -0.39 is 0 Å². The second kappa shape index (κ2) is 2.47. The molecule has 0 spiro atoms. The van der Waals surface area contributed by atoms with Crippen molar-refractivity contribution in [3.63, 3.8) is 0 Å². The van der Waals surface area contributed by atoms with Crippen LogP contribution in [0, 0.1) is 5.82 Å². The number of halogens is 2. The molecule has 1 saturated heterocycles. The lowest BCUT2D eigenvalue weighted by Crippen LogP contribution is -1.89. The first-order valence-electron chi connectivity index (χ1n) is 3.46. The van der Waals surface area contributed by atoms with Gasteiger partial charge in [-0.3, -0.25) is 0 Å². The quantitative estimate of drug-likeness (QED) is 0.643. The molecule has 1 aromatic carbocycles. The first-order chi connectivity index (χ1) is 5.27. The van der Waals surface area contributed by atoms with Crippen molar-refractivity contribution < 1.29 is 4.39 Å². The van der Waals surface area contributed by atoms with Crippen LogP contribution in [0.2, 0.25) is 5.02 Å². The number of hydrogen-bond acceptors (Lipinski definition) is 1. The molecule has 0 amide bonds. The summed E-state index contributed by atoms with van der Waals surface area (Å²) in [5.41, 5.74) is 0.717. The van der Waals surface area contributed by atoms with E-state index in [9.17, 15) is 4.39 Å². The van der Waals surface area contributed by atoms with Gasteiger partial charge in [-0.1, -0.05) is 17.7 Å². The number of hydrogen-bond donors (Lipinski definition) is 1. The van der Waals surface area contributed by atoms with Crippen molar-refractivity contribution in [2.24, 2.45) is 0 Å². The molecular formula is C8H7ClFN. The van der Waals surface area contributed by atoms with E-state index in [1.165, 1.54) is 6.07 Å². The highest BCUT2D eigenvalue weighted by Gasteiger charge is 2.24. The average molecular weight is 172 g/mol. The van der Waals surface area contributed by atoms with Crippen molar-refractivity contribution in [2.75, 3.05) is 6.54 Å². The predicted octanol–water partition coefficient (Wildman–Crippen LogP) is 2.12. The van der Waals surface area contributed by atoms with Crippen molar-refractivity contribution in [1.82, 2.24) is 5.32 Å². The van der Waals surface area contributed by atoms with Gasteiger partial charge in [-0.25, -0.2) is 4.39 Å². The maximum atomic E-state index is 13.0. The zero-order chi connectivity index (χ0) is 7.84. The molecule has 0 saturated carbocycles. The Hall–Kier alpha value is -0.600. The molecule has 0 radical (unpaired) electrons. The number of benzene rings is 1. The van der Waals surface area contributed by atoms with Crippen LogP contribution in [0.3, 0.4) is 0 Å². The predicted molar refractivity (Wildman–Crippen MR) is 42.2 cm³/mol. The molecule has 1 aliphatic heterocycles. The summed E-state index contributed by atoms with van der Waals surface area (Å²) >= 11 is 5.58. The summed E-state index contributed by atoms with van der Waals surface area (Å²) < 4.78 is 13.0. The van der Waals surface area contributed by atoms with Gasteiger partial charge in [-0.05, 0) is 12.1 Å². The second-order valence-electron chi connectivity index (χ2n) is 2.63. The molecule has 0 unspecified atom stereocenters. The molecule has 0 bridgehead atoms. The van der Waals surface area contributed by atoms with Gasteiger partial charge in [0.1, 0.15) is 5.82 Å². The van der Waals surface area contributed by atoms with Crippen LogP contribution in [0.5, 0.6) is 0 Å². The van der Waals surface area contributed by atoms with Crippen LogP contribution in [0.25, 0.3) is 0 Å². The molecule has 1 atom stereocenters. The van der Waals surface area contributed by atoms with Crippen LogP contribution >= 0.6 is 11.6 Å². The van der Waals surface area contributed by atoms with E-state index >= 15 is 0 Å². The summed E-state index contributed by atoms with van der Waals surface area (Å²) in [6.07, 6.45) is 0. The van der Waals surface area contributed by atoms with Crippen LogP contribution in [0.4, 0.5) is 4.39 Å². The van der Waals surface area contributed by atoms with Gasteiger partial charge < -0.3 is 5.32 Å². The highest BCUT2D eigenvalue weighted by atomic mass is 35.5. The Morgan fingerprint density at radius 3 is 2.82 bits per heavy atom. The summed E-state index contributed by atoms with van der Waals surface area (Å²) in [5.74, 6) is -0.215. The van der Waals surface area contributed by atoms with E-state index in [-0.39, 0.29) is 11.9 Å². The van der Waals surface area contributed by atoms with Crippen molar-refractivity contribution in [3.05, 3.63) is 34.6 Å². The molecule has 1 nitrogen and oxygen atoms in total. The smallest absolute Gasteiger partial charge is 0.129 e. The second-order valence-corrected chi connectivity index (χ2v) is 3.06. The molecule has 1 aromatic rings. The van der Waals surface area contributed by atoms with E-state index in [4.69, 9.17) is 11.6 Å². The molecule has 11 heavy (non-hydrogen) atoms. The molecular weight excluding hydrogens is 165 g/mol. The van der Waals surface area contributed by atoms with Crippen LogP contribution in [-0.2, 0) is 0 Å². The highest BCUT2D eigenvalue weighted by molar-refractivity contribution is 6.30. The molecule has 1 aliphatic rings. The summed E-state index contributed by atoms with van der Waals surface area (Å²) in [6.45, 7) is 0.874. The fourth-order valence-corrected chi connectivity index (χ4v) is 1.22.